The number of aromatic nitrogens is 2. The molecule has 1 aromatic heterocycles. The summed E-state index contributed by atoms with van der Waals surface area (Å²) >= 11 is 0. The quantitative estimate of drug-likeness (QED) is 0.794. The molecule has 5 nitrogen and oxygen atoms in total. The lowest BCUT2D eigenvalue weighted by Gasteiger charge is -2.32. The van der Waals surface area contributed by atoms with Crippen molar-refractivity contribution in [3.05, 3.63) is 52.3 Å². The number of hydrogen-bond acceptors (Lipinski definition) is 4. The van der Waals surface area contributed by atoms with E-state index in [0.717, 1.165) is 11.3 Å². The Morgan fingerprint density at radius 1 is 1.00 bits per heavy atom. The van der Waals surface area contributed by atoms with E-state index >= 15 is 0 Å². The van der Waals surface area contributed by atoms with Crippen LogP contribution in [-0.4, -0.2) is 28.1 Å². The van der Waals surface area contributed by atoms with Gasteiger partial charge in [0.1, 0.15) is 0 Å². The van der Waals surface area contributed by atoms with Gasteiger partial charge < -0.3 is 9.31 Å². The largest absolute Gasteiger partial charge is 0.516 e. The molecule has 0 saturated carbocycles. The number of hydrogen-bond donors (Lipinski definition) is 0. The van der Waals surface area contributed by atoms with Crippen LogP contribution in [0.2, 0.25) is 0 Å². The lowest BCUT2D eigenvalue weighted by molar-refractivity contribution is 0.00578. The SMILES string of the molecule is Cc1ccccc1-n1nc(B2OC(C)(C)C(C)(C)O2)ccc1=O. The van der Waals surface area contributed by atoms with Crippen molar-refractivity contribution in [3.8, 4) is 5.69 Å². The molecule has 0 bridgehead atoms. The van der Waals surface area contributed by atoms with Crippen LogP contribution in [0.25, 0.3) is 5.69 Å². The van der Waals surface area contributed by atoms with Gasteiger partial charge in [0.25, 0.3) is 5.56 Å². The Bertz CT molecular complexity index is 782. The Morgan fingerprint density at radius 2 is 1.61 bits per heavy atom. The van der Waals surface area contributed by atoms with Crippen molar-refractivity contribution < 1.29 is 9.31 Å². The van der Waals surface area contributed by atoms with Crippen LogP contribution >= 0.6 is 0 Å². The normalized spacial score (nSPS) is 19.1. The number of para-hydroxylation sites is 1. The molecule has 0 unspecified atom stereocenters. The molecule has 0 amide bonds. The van der Waals surface area contributed by atoms with E-state index in [1.165, 1.54) is 10.7 Å². The van der Waals surface area contributed by atoms with Crippen LogP contribution in [-0.2, 0) is 9.31 Å². The van der Waals surface area contributed by atoms with Gasteiger partial charge >= 0.3 is 7.12 Å². The van der Waals surface area contributed by atoms with Crippen LogP contribution in [0.15, 0.2) is 41.2 Å². The Kier molecular flexibility index (Phi) is 3.69. The third-order valence-electron chi connectivity index (χ3n) is 4.66. The molecule has 0 aliphatic carbocycles. The summed E-state index contributed by atoms with van der Waals surface area (Å²) in [5.41, 5.74) is 1.27. The molecule has 1 aliphatic heterocycles. The summed E-state index contributed by atoms with van der Waals surface area (Å²) in [5.74, 6) is 0. The van der Waals surface area contributed by atoms with Gasteiger partial charge in [0, 0.05) is 6.07 Å². The van der Waals surface area contributed by atoms with Gasteiger partial charge in [0.05, 0.1) is 22.5 Å². The average Bonchev–Trinajstić information content (AvgIpc) is 2.69. The minimum absolute atomic E-state index is 0.181. The van der Waals surface area contributed by atoms with E-state index in [-0.39, 0.29) is 5.56 Å². The van der Waals surface area contributed by atoms with E-state index in [2.05, 4.69) is 5.10 Å². The summed E-state index contributed by atoms with van der Waals surface area (Å²) in [6, 6.07) is 10.8. The predicted molar refractivity (Wildman–Crippen MR) is 90.3 cm³/mol. The lowest BCUT2D eigenvalue weighted by atomic mass is 9.85. The zero-order valence-corrected chi connectivity index (χ0v) is 14.2. The van der Waals surface area contributed by atoms with E-state index in [1.807, 2.05) is 58.9 Å². The van der Waals surface area contributed by atoms with Crippen LogP contribution in [0.5, 0.6) is 0 Å². The van der Waals surface area contributed by atoms with E-state index in [1.54, 1.807) is 6.07 Å². The summed E-state index contributed by atoms with van der Waals surface area (Å²) in [6.45, 7) is 9.91. The van der Waals surface area contributed by atoms with E-state index < -0.39 is 18.3 Å². The van der Waals surface area contributed by atoms with Gasteiger partial charge in [-0.15, -0.1) is 0 Å². The first-order valence-electron chi connectivity index (χ1n) is 7.73. The highest BCUT2D eigenvalue weighted by molar-refractivity contribution is 6.61. The molecular formula is C17H21BN2O3. The Hall–Kier alpha value is -1.92. The fourth-order valence-electron chi connectivity index (χ4n) is 2.49. The van der Waals surface area contributed by atoms with Crippen molar-refractivity contribution in [1.29, 1.82) is 0 Å². The van der Waals surface area contributed by atoms with Gasteiger partial charge in [0.15, 0.2) is 0 Å². The molecule has 2 aromatic rings. The molecule has 0 N–H and O–H groups in total. The molecule has 6 heteroatoms. The molecule has 0 radical (unpaired) electrons. The second-order valence-electron chi connectivity index (χ2n) is 6.88. The van der Waals surface area contributed by atoms with Gasteiger partial charge in [0.2, 0.25) is 0 Å². The van der Waals surface area contributed by atoms with Crippen molar-refractivity contribution in [2.45, 2.75) is 45.8 Å². The van der Waals surface area contributed by atoms with Crippen molar-refractivity contribution in [1.82, 2.24) is 9.78 Å². The van der Waals surface area contributed by atoms with Crippen LogP contribution in [0, 0.1) is 6.92 Å². The molecule has 0 spiro atoms. The number of aryl methyl sites for hydroxylation is 1. The maximum atomic E-state index is 12.2. The molecule has 1 fully saturated rings. The first-order chi connectivity index (χ1) is 10.7. The maximum Gasteiger partial charge on any atom is 0.516 e. The molecular weight excluding hydrogens is 291 g/mol. The van der Waals surface area contributed by atoms with Crippen LogP contribution < -0.4 is 11.2 Å². The Labute approximate surface area is 136 Å². The maximum absolute atomic E-state index is 12.2. The van der Waals surface area contributed by atoms with Crippen molar-refractivity contribution in [3.63, 3.8) is 0 Å². The van der Waals surface area contributed by atoms with Crippen molar-refractivity contribution in [2.75, 3.05) is 0 Å². The molecule has 1 aliphatic rings. The highest BCUT2D eigenvalue weighted by Crippen LogP contribution is 2.36. The fourth-order valence-corrected chi connectivity index (χ4v) is 2.49. The average molecular weight is 312 g/mol. The molecule has 23 heavy (non-hydrogen) atoms. The summed E-state index contributed by atoms with van der Waals surface area (Å²) < 4.78 is 13.4. The molecule has 3 rings (SSSR count). The second kappa shape index (κ2) is 5.32. The number of nitrogens with zero attached hydrogens (tertiary/aromatic N) is 2. The first-order valence-corrected chi connectivity index (χ1v) is 7.73. The summed E-state index contributed by atoms with van der Waals surface area (Å²) in [7, 11) is -0.587. The van der Waals surface area contributed by atoms with Gasteiger partial charge in [-0.25, -0.2) is 0 Å². The minimum atomic E-state index is -0.587. The van der Waals surface area contributed by atoms with E-state index in [9.17, 15) is 4.79 Å². The topological polar surface area (TPSA) is 53.4 Å². The standard InChI is InChI=1S/C17H21BN2O3/c1-12-8-6-7-9-13(12)20-15(21)11-10-14(19-20)18-22-16(2,3)17(4,5)23-18/h6-11H,1-5H3. The summed E-state index contributed by atoms with van der Waals surface area (Å²) in [5, 5.41) is 4.47. The number of benzene rings is 1. The van der Waals surface area contributed by atoms with Crippen LogP contribution in [0.4, 0.5) is 0 Å². The minimum Gasteiger partial charge on any atom is -0.398 e. The third kappa shape index (κ3) is 2.73. The summed E-state index contributed by atoms with van der Waals surface area (Å²) in [6.07, 6.45) is 0. The molecule has 0 atom stereocenters. The molecule has 120 valence electrons. The van der Waals surface area contributed by atoms with Gasteiger partial charge in [-0.05, 0) is 52.3 Å². The van der Waals surface area contributed by atoms with Crippen molar-refractivity contribution >= 4 is 12.7 Å². The van der Waals surface area contributed by atoms with Gasteiger partial charge in [-0.2, -0.15) is 9.78 Å². The molecule has 1 aromatic carbocycles. The Morgan fingerprint density at radius 3 is 2.22 bits per heavy atom. The van der Waals surface area contributed by atoms with Crippen molar-refractivity contribution in [2.24, 2.45) is 0 Å². The van der Waals surface area contributed by atoms with Gasteiger partial charge in [-0.3, -0.25) is 4.79 Å². The molecule has 2 heterocycles. The van der Waals surface area contributed by atoms with Crippen LogP contribution in [0.1, 0.15) is 33.3 Å². The Balaban J connectivity index is 2.03. The van der Waals surface area contributed by atoms with E-state index in [0.29, 0.717) is 5.59 Å². The van der Waals surface area contributed by atoms with E-state index in [4.69, 9.17) is 9.31 Å². The van der Waals surface area contributed by atoms with Gasteiger partial charge in [-0.1, -0.05) is 18.2 Å². The fraction of sp³-hybridized carbons (Fsp3) is 0.412. The van der Waals surface area contributed by atoms with Crippen LogP contribution in [0.3, 0.4) is 0 Å². The number of rotatable bonds is 2. The summed E-state index contributed by atoms with van der Waals surface area (Å²) in [4.78, 5) is 12.2. The molecule has 1 saturated heterocycles. The smallest absolute Gasteiger partial charge is 0.398 e. The zero-order chi connectivity index (χ0) is 16.8. The first kappa shape index (κ1) is 16.0. The predicted octanol–water partition coefficient (Wildman–Crippen LogP) is 1.84. The third-order valence-corrected chi connectivity index (χ3v) is 4.66. The second-order valence-corrected chi connectivity index (χ2v) is 6.88. The lowest BCUT2D eigenvalue weighted by Crippen LogP contribution is -2.41. The highest BCUT2D eigenvalue weighted by Gasteiger charge is 2.52. The zero-order valence-electron chi connectivity index (χ0n) is 14.2. The monoisotopic (exact) mass is 312 g/mol. The highest BCUT2D eigenvalue weighted by atomic mass is 16.7.